The number of benzene rings is 2. The molecule has 0 bridgehead atoms. The molecule has 2 nitrogen and oxygen atoms in total. The number of hydrogen-bond acceptors (Lipinski definition) is 2. The third-order valence-corrected chi connectivity index (χ3v) is 4.22. The summed E-state index contributed by atoms with van der Waals surface area (Å²) in [6, 6.07) is 13.0. The molecular weight excluding hydrogens is 244 g/mol. The van der Waals surface area contributed by atoms with Crippen molar-refractivity contribution < 1.29 is 0 Å². The fourth-order valence-electron chi connectivity index (χ4n) is 2.98. The molecule has 2 N–H and O–H groups in total. The van der Waals surface area contributed by atoms with Crippen molar-refractivity contribution in [1.29, 1.82) is 0 Å². The van der Waals surface area contributed by atoms with Crippen molar-refractivity contribution in [3.05, 3.63) is 64.2 Å². The van der Waals surface area contributed by atoms with Crippen molar-refractivity contribution in [3.63, 3.8) is 0 Å². The molecule has 0 aromatic heterocycles. The standard InChI is InChI=1S/C18H22N2/c1-13-3-4-14(2)16(9-13)11-20-8-7-15-5-6-18(19)10-17(15)12-20/h3-6,9-10H,7-8,11-12,19H2,1-2H3. The normalized spacial score (nSPS) is 15.1. The molecule has 0 radical (unpaired) electrons. The largest absolute Gasteiger partial charge is 0.399 e. The van der Waals surface area contributed by atoms with Crippen molar-refractivity contribution in [2.45, 2.75) is 33.4 Å². The van der Waals surface area contributed by atoms with Gasteiger partial charge in [0, 0.05) is 25.3 Å². The van der Waals surface area contributed by atoms with Gasteiger partial charge in [-0.1, -0.05) is 29.8 Å². The minimum atomic E-state index is 0.873. The first-order valence-corrected chi connectivity index (χ1v) is 7.27. The fraction of sp³-hybridized carbons (Fsp3) is 0.333. The lowest BCUT2D eigenvalue weighted by atomic mass is 9.98. The second-order valence-corrected chi connectivity index (χ2v) is 5.92. The number of fused-ring (bicyclic) bond motifs is 1. The molecule has 0 saturated carbocycles. The van der Waals surface area contributed by atoms with E-state index in [1.807, 2.05) is 6.07 Å². The summed E-state index contributed by atoms with van der Waals surface area (Å²) < 4.78 is 0. The van der Waals surface area contributed by atoms with Gasteiger partial charge in [0.15, 0.2) is 0 Å². The van der Waals surface area contributed by atoms with Gasteiger partial charge in [-0.3, -0.25) is 4.90 Å². The molecule has 0 fully saturated rings. The van der Waals surface area contributed by atoms with Gasteiger partial charge in [0.25, 0.3) is 0 Å². The molecule has 20 heavy (non-hydrogen) atoms. The van der Waals surface area contributed by atoms with Crippen LogP contribution in [0.4, 0.5) is 5.69 Å². The van der Waals surface area contributed by atoms with Gasteiger partial charge >= 0.3 is 0 Å². The van der Waals surface area contributed by atoms with Crippen molar-refractivity contribution >= 4 is 5.69 Å². The van der Waals surface area contributed by atoms with Crippen LogP contribution in [-0.2, 0) is 19.5 Å². The third-order valence-electron chi connectivity index (χ3n) is 4.22. The molecule has 104 valence electrons. The Bertz CT molecular complexity index is 631. The molecule has 0 aliphatic carbocycles. The van der Waals surface area contributed by atoms with Crippen LogP contribution < -0.4 is 5.73 Å². The van der Waals surface area contributed by atoms with E-state index in [1.54, 1.807) is 0 Å². The van der Waals surface area contributed by atoms with Gasteiger partial charge < -0.3 is 5.73 Å². The Morgan fingerprint density at radius 2 is 1.90 bits per heavy atom. The summed E-state index contributed by atoms with van der Waals surface area (Å²) in [4.78, 5) is 2.52. The molecule has 0 unspecified atom stereocenters. The second kappa shape index (κ2) is 5.29. The Labute approximate surface area is 121 Å². The Morgan fingerprint density at radius 1 is 1.05 bits per heavy atom. The second-order valence-electron chi connectivity index (χ2n) is 5.92. The number of nitrogens with two attached hydrogens (primary N) is 1. The van der Waals surface area contributed by atoms with E-state index in [1.165, 1.54) is 27.8 Å². The quantitative estimate of drug-likeness (QED) is 0.844. The first-order valence-electron chi connectivity index (χ1n) is 7.27. The Morgan fingerprint density at radius 3 is 2.75 bits per heavy atom. The molecular formula is C18H22N2. The van der Waals surface area contributed by atoms with E-state index in [4.69, 9.17) is 5.73 Å². The number of hydrogen-bond donors (Lipinski definition) is 1. The number of anilines is 1. The summed E-state index contributed by atoms with van der Waals surface area (Å²) >= 11 is 0. The Balaban J connectivity index is 1.78. The third kappa shape index (κ3) is 2.70. The van der Waals surface area contributed by atoms with Crippen molar-refractivity contribution in [1.82, 2.24) is 4.90 Å². The predicted molar refractivity (Wildman–Crippen MR) is 84.6 cm³/mol. The number of aryl methyl sites for hydroxylation is 2. The fourth-order valence-corrected chi connectivity index (χ4v) is 2.98. The van der Waals surface area contributed by atoms with E-state index < -0.39 is 0 Å². The number of nitrogen functional groups attached to an aromatic ring is 1. The molecule has 1 heterocycles. The molecule has 2 aromatic carbocycles. The van der Waals surface area contributed by atoms with Crippen molar-refractivity contribution in [3.8, 4) is 0 Å². The van der Waals surface area contributed by atoms with E-state index in [-0.39, 0.29) is 0 Å². The highest BCUT2D eigenvalue weighted by Crippen LogP contribution is 2.23. The topological polar surface area (TPSA) is 29.3 Å². The Kier molecular flexibility index (Phi) is 3.49. The van der Waals surface area contributed by atoms with Gasteiger partial charge in [-0.15, -0.1) is 0 Å². The van der Waals surface area contributed by atoms with Crippen molar-refractivity contribution in [2.24, 2.45) is 0 Å². The van der Waals surface area contributed by atoms with Gasteiger partial charge in [-0.2, -0.15) is 0 Å². The summed E-state index contributed by atoms with van der Waals surface area (Å²) in [5, 5.41) is 0. The maximum Gasteiger partial charge on any atom is 0.0317 e. The summed E-state index contributed by atoms with van der Waals surface area (Å²) in [5.41, 5.74) is 13.8. The summed E-state index contributed by atoms with van der Waals surface area (Å²) in [5.74, 6) is 0. The highest BCUT2D eigenvalue weighted by molar-refractivity contribution is 5.45. The minimum absolute atomic E-state index is 0.873. The first kappa shape index (κ1) is 13.2. The zero-order chi connectivity index (χ0) is 14.1. The molecule has 0 amide bonds. The molecule has 1 aliphatic heterocycles. The number of rotatable bonds is 2. The molecule has 0 saturated heterocycles. The van der Waals surface area contributed by atoms with Crippen LogP contribution in [-0.4, -0.2) is 11.4 Å². The maximum atomic E-state index is 5.91. The van der Waals surface area contributed by atoms with Crippen molar-refractivity contribution in [2.75, 3.05) is 12.3 Å². The van der Waals surface area contributed by atoms with Crippen LogP contribution in [0.2, 0.25) is 0 Å². The lowest BCUT2D eigenvalue weighted by Crippen LogP contribution is -2.30. The SMILES string of the molecule is Cc1ccc(C)c(CN2CCc3ccc(N)cc3C2)c1. The monoisotopic (exact) mass is 266 g/mol. The molecule has 0 spiro atoms. The van der Waals surface area contributed by atoms with Crippen LogP contribution in [0.15, 0.2) is 36.4 Å². The van der Waals surface area contributed by atoms with E-state index in [0.29, 0.717) is 0 Å². The minimum Gasteiger partial charge on any atom is -0.399 e. The highest BCUT2D eigenvalue weighted by atomic mass is 15.1. The average molecular weight is 266 g/mol. The van der Waals surface area contributed by atoms with E-state index in [0.717, 1.165) is 31.7 Å². The molecule has 0 atom stereocenters. The first-order chi connectivity index (χ1) is 9.61. The smallest absolute Gasteiger partial charge is 0.0317 e. The van der Waals surface area contributed by atoms with Crippen LogP contribution >= 0.6 is 0 Å². The van der Waals surface area contributed by atoms with E-state index >= 15 is 0 Å². The number of nitrogens with zero attached hydrogens (tertiary/aromatic N) is 1. The van der Waals surface area contributed by atoms with Crippen LogP contribution in [0.1, 0.15) is 27.8 Å². The summed E-state index contributed by atoms with van der Waals surface area (Å²) in [7, 11) is 0. The van der Waals surface area contributed by atoms with Gasteiger partial charge in [0.1, 0.15) is 0 Å². The van der Waals surface area contributed by atoms with Crippen LogP contribution in [0.3, 0.4) is 0 Å². The van der Waals surface area contributed by atoms with Gasteiger partial charge in [0.05, 0.1) is 0 Å². The summed E-state index contributed by atoms with van der Waals surface area (Å²) in [6.07, 6.45) is 1.13. The molecule has 2 heteroatoms. The summed E-state index contributed by atoms with van der Waals surface area (Å²) in [6.45, 7) is 7.53. The zero-order valence-electron chi connectivity index (χ0n) is 12.3. The molecule has 3 rings (SSSR count). The highest BCUT2D eigenvalue weighted by Gasteiger charge is 2.17. The van der Waals surface area contributed by atoms with Crippen LogP contribution in [0.5, 0.6) is 0 Å². The zero-order valence-corrected chi connectivity index (χ0v) is 12.3. The van der Waals surface area contributed by atoms with E-state index in [9.17, 15) is 0 Å². The molecule has 1 aliphatic rings. The average Bonchev–Trinajstić information content (AvgIpc) is 2.42. The molecule has 2 aromatic rings. The lowest BCUT2D eigenvalue weighted by molar-refractivity contribution is 0.245. The van der Waals surface area contributed by atoms with Gasteiger partial charge in [0.2, 0.25) is 0 Å². The van der Waals surface area contributed by atoms with Gasteiger partial charge in [-0.25, -0.2) is 0 Å². The van der Waals surface area contributed by atoms with Crippen LogP contribution in [0, 0.1) is 13.8 Å². The van der Waals surface area contributed by atoms with E-state index in [2.05, 4.69) is 49.1 Å². The van der Waals surface area contributed by atoms with Crippen LogP contribution in [0.25, 0.3) is 0 Å². The predicted octanol–water partition coefficient (Wildman–Crippen LogP) is 3.44. The maximum absolute atomic E-state index is 5.91. The lowest BCUT2D eigenvalue weighted by Gasteiger charge is -2.29. The van der Waals surface area contributed by atoms with Gasteiger partial charge in [-0.05, 0) is 54.7 Å². The Hall–Kier alpha value is -1.80.